The van der Waals surface area contributed by atoms with E-state index in [-0.39, 0.29) is 5.91 Å². The first kappa shape index (κ1) is 22.0. The minimum absolute atomic E-state index is 0.207. The molecule has 0 unspecified atom stereocenters. The Hall–Kier alpha value is -3.19. The van der Waals surface area contributed by atoms with E-state index >= 15 is 0 Å². The summed E-state index contributed by atoms with van der Waals surface area (Å²) in [5.41, 5.74) is 1.79. The molecule has 1 aliphatic rings. The van der Waals surface area contributed by atoms with Crippen LogP contribution in [0.3, 0.4) is 0 Å². The Bertz CT molecular complexity index is 1050. The van der Waals surface area contributed by atoms with Crippen molar-refractivity contribution in [1.82, 2.24) is 14.9 Å². The van der Waals surface area contributed by atoms with E-state index in [1.54, 1.807) is 14.2 Å². The molecule has 2 aromatic carbocycles. The maximum absolute atomic E-state index is 12.7. The molecule has 4 rings (SSSR count). The summed E-state index contributed by atoms with van der Waals surface area (Å²) in [5, 5.41) is 0.967. The molecule has 32 heavy (non-hydrogen) atoms. The summed E-state index contributed by atoms with van der Waals surface area (Å²) in [4.78, 5) is 26.6. The van der Waals surface area contributed by atoms with Gasteiger partial charge in [-0.2, -0.15) is 0 Å². The number of fused-ring (bicyclic) bond motifs is 1. The highest BCUT2D eigenvalue weighted by molar-refractivity contribution is 5.91. The molecule has 0 N–H and O–H groups in total. The fourth-order valence-corrected chi connectivity index (χ4v) is 4.05. The second-order valence-corrected chi connectivity index (χ2v) is 7.93. The standard InChI is InChI=1S/C25H30N4O3/c1-31-18-17-29(16-13-23(30)28-14-5-6-15-28)25-21-7-3-4-8-22(21)26-24(27-25)19-9-11-20(32-2)12-10-19/h3-4,7-12H,5-6,13-18H2,1-2H3. The van der Waals surface area contributed by atoms with Crippen LogP contribution in [0.15, 0.2) is 48.5 Å². The van der Waals surface area contributed by atoms with E-state index in [0.717, 1.165) is 54.0 Å². The Labute approximate surface area is 189 Å². The average molecular weight is 435 g/mol. The van der Waals surface area contributed by atoms with Gasteiger partial charge in [0.15, 0.2) is 5.82 Å². The smallest absolute Gasteiger partial charge is 0.224 e. The normalized spacial score (nSPS) is 13.5. The van der Waals surface area contributed by atoms with Crippen LogP contribution in [0, 0.1) is 0 Å². The molecule has 1 amide bonds. The van der Waals surface area contributed by atoms with E-state index < -0.39 is 0 Å². The molecule has 2 heterocycles. The number of amides is 1. The molecule has 1 aliphatic heterocycles. The fourth-order valence-electron chi connectivity index (χ4n) is 4.05. The third-order valence-electron chi connectivity index (χ3n) is 5.85. The van der Waals surface area contributed by atoms with Crippen molar-refractivity contribution in [1.29, 1.82) is 0 Å². The summed E-state index contributed by atoms with van der Waals surface area (Å²) >= 11 is 0. The highest BCUT2D eigenvalue weighted by Crippen LogP contribution is 2.28. The third kappa shape index (κ3) is 4.99. The lowest BCUT2D eigenvalue weighted by atomic mass is 10.1. The van der Waals surface area contributed by atoms with Gasteiger partial charge in [0.05, 0.1) is 19.2 Å². The monoisotopic (exact) mass is 434 g/mol. The van der Waals surface area contributed by atoms with Gasteiger partial charge in [0, 0.05) is 50.7 Å². The van der Waals surface area contributed by atoms with E-state index in [4.69, 9.17) is 19.4 Å². The minimum Gasteiger partial charge on any atom is -0.497 e. The minimum atomic E-state index is 0.207. The Morgan fingerprint density at radius 1 is 1.00 bits per heavy atom. The second kappa shape index (κ2) is 10.4. The molecule has 0 aliphatic carbocycles. The number of para-hydroxylation sites is 1. The van der Waals surface area contributed by atoms with Crippen LogP contribution in [0.2, 0.25) is 0 Å². The van der Waals surface area contributed by atoms with Gasteiger partial charge >= 0.3 is 0 Å². The van der Waals surface area contributed by atoms with Crippen molar-refractivity contribution in [3.8, 4) is 17.1 Å². The van der Waals surface area contributed by atoms with Crippen molar-refractivity contribution in [3.05, 3.63) is 48.5 Å². The first-order valence-electron chi connectivity index (χ1n) is 11.1. The summed E-state index contributed by atoms with van der Waals surface area (Å²) in [6.07, 6.45) is 2.65. The third-order valence-corrected chi connectivity index (χ3v) is 5.85. The maximum Gasteiger partial charge on any atom is 0.224 e. The number of aromatic nitrogens is 2. The van der Waals surface area contributed by atoms with Crippen LogP contribution < -0.4 is 9.64 Å². The molecular formula is C25H30N4O3. The number of benzene rings is 2. The molecule has 1 saturated heterocycles. The fraction of sp³-hybridized carbons (Fsp3) is 0.400. The Kier molecular flexibility index (Phi) is 7.17. The number of rotatable bonds is 9. The average Bonchev–Trinajstić information content (AvgIpc) is 3.39. The van der Waals surface area contributed by atoms with Gasteiger partial charge in [-0.05, 0) is 49.2 Å². The number of carbonyl (C=O) groups excluding carboxylic acids is 1. The summed E-state index contributed by atoms with van der Waals surface area (Å²) in [6, 6.07) is 15.7. The predicted molar refractivity (Wildman–Crippen MR) is 126 cm³/mol. The van der Waals surface area contributed by atoms with Gasteiger partial charge in [0.25, 0.3) is 0 Å². The van der Waals surface area contributed by atoms with E-state index in [1.807, 2.05) is 53.4 Å². The quantitative estimate of drug-likeness (QED) is 0.511. The number of carbonyl (C=O) groups is 1. The van der Waals surface area contributed by atoms with Crippen LogP contribution in [0.1, 0.15) is 19.3 Å². The van der Waals surface area contributed by atoms with E-state index in [1.165, 1.54) is 0 Å². The molecule has 7 nitrogen and oxygen atoms in total. The number of nitrogens with zero attached hydrogens (tertiary/aromatic N) is 4. The number of anilines is 1. The molecule has 1 fully saturated rings. The summed E-state index contributed by atoms with van der Waals surface area (Å²) in [6.45, 7) is 3.52. The zero-order chi connectivity index (χ0) is 22.3. The molecule has 0 spiro atoms. The van der Waals surface area contributed by atoms with E-state index in [2.05, 4.69) is 4.90 Å². The Morgan fingerprint density at radius 3 is 2.47 bits per heavy atom. The summed E-state index contributed by atoms with van der Waals surface area (Å²) in [5.74, 6) is 2.47. The van der Waals surface area contributed by atoms with Crippen molar-refractivity contribution in [2.75, 3.05) is 51.9 Å². The zero-order valence-corrected chi connectivity index (χ0v) is 18.8. The van der Waals surface area contributed by atoms with Crippen LogP contribution in [-0.4, -0.2) is 67.8 Å². The number of methoxy groups -OCH3 is 2. The Balaban J connectivity index is 1.67. The van der Waals surface area contributed by atoms with Gasteiger partial charge in [-0.3, -0.25) is 4.79 Å². The summed E-state index contributed by atoms with van der Waals surface area (Å²) < 4.78 is 10.6. The van der Waals surface area contributed by atoms with E-state index in [0.29, 0.717) is 31.9 Å². The van der Waals surface area contributed by atoms with Gasteiger partial charge in [0.1, 0.15) is 11.6 Å². The van der Waals surface area contributed by atoms with Crippen molar-refractivity contribution < 1.29 is 14.3 Å². The van der Waals surface area contributed by atoms with Crippen LogP contribution in [-0.2, 0) is 9.53 Å². The van der Waals surface area contributed by atoms with Crippen molar-refractivity contribution in [2.24, 2.45) is 0 Å². The first-order valence-corrected chi connectivity index (χ1v) is 11.1. The van der Waals surface area contributed by atoms with Gasteiger partial charge in [0.2, 0.25) is 5.91 Å². The van der Waals surface area contributed by atoms with Crippen LogP contribution in [0.5, 0.6) is 5.75 Å². The highest BCUT2D eigenvalue weighted by atomic mass is 16.5. The molecule has 3 aromatic rings. The molecule has 0 radical (unpaired) electrons. The highest BCUT2D eigenvalue weighted by Gasteiger charge is 2.21. The molecule has 0 saturated carbocycles. The Morgan fingerprint density at radius 2 is 1.75 bits per heavy atom. The molecule has 7 heteroatoms. The van der Waals surface area contributed by atoms with Crippen LogP contribution >= 0.6 is 0 Å². The van der Waals surface area contributed by atoms with Crippen LogP contribution in [0.25, 0.3) is 22.3 Å². The van der Waals surface area contributed by atoms with Gasteiger partial charge in [-0.25, -0.2) is 9.97 Å². The topological polar surface area (TPSA) is 67.8 Å². The SMILES string of the molecule is COCCN(CCC(=O)N1CCCC1)c1nc(-c2ccc(OC)cc2)nc2ccccc12. The van der Waals surface area contributed by atoms with Gasteiger partial charge in [-0.1, -0.05) is 12.1 Å². The molecule has 0 atom stereocenters. The summed E-state index contributed by atoms with van der Waals surface area (Å²) in [7, 11) is 3.34. The first-order chi connectivity index (χ1) is 15.7. The number of ether oxygens (including phenoxy) is 2. The van der Waals surface area contributed by atoms with Gasteiger partial charge < -0.3 is 19.3 Å². The molecule has 168 valence electrons. The van der Waals surface area contributed by atoms with Crippen molar-refractivity contribution in [3.63, 3.8) is 0 Å². The maximum atomic E-state index is 12.7. The lowest BCUT2D eigenvalue weighted by Gasteiger charge is -2.26. The second-order valence-electron chi connectivity index (χ2n) is 7.93. The largest absolute Gasteiger partial charge is 0.497 e. The number of hydrogen-bond acceptors (Lipinski definition) is 6. The molecular weight excluding hydrogens is 404 g/mol. The zero-order valence-electron chi connectivity index (χ0n) is 18.8. The lowest BCUT2D eigenvalue weighted by molar-refractivity contribution is -0.129. The number of hydrogen-bond donors (Lipinski definition) is 0. The van der Waals surface area contributed by atoms with Gasteiger partial charge in [-0.15, -0.1) is 0 Å². The molecule has 1 aromatic heterocycles. The van der Waals surface area contributed by atoms with E-state index in [9.17, 15) is 4.79 Å². The van der Waals surface area contributed by atoms with Crippen molar-refractivity contribution >= 4 is 22.6 Å². The lowest BCUT2D eigenvalue weighted by Crippen LogP contribution is -2.35. The van der Waals surface area contributed by atoms with Crippen molar-refractivity contribution in [2.45, 2.75) is 19.3 Å². The molecule has 0 bridgehead atoms. The number of likely N-dealkylation sites (tertiary alicyclic amines) is 1. The van der Waals surface area contributed by atoms with Crippen LogP contribution in [0.4, 0.5) is 5.82 Å². The predicted octanol–water partition coefficient (Wildman–Crippen LogP) is 3.77.